The van der Waals surface area contributed by atoms with Crippen LogP contribution in [-0.4, -0.2) is 20.1 Å². The normalized spacial score (nSPS) is 23.4. The van der Waals surface area contributed by atoms with Gasteiger partial charge in [0.1, 0.15) is 5.82 Å². The summed E-state index contributed by atoms with van der Waals surface area (Å²) in [7, 11) is 3.95. The quantitative estimate of drug-likeness (QED) is 0.894. The first-order valence-electron chi connectivity index (χ1n) is 7.30. The summed E-state index contributed by atoms with van der Waals surface area (Å²) in [5.41, 5.74) is 1.82. The molecule has 0 bridgehead atoms. The Balaban J connectivity index is 2.28. The van der Waals surface area contributed by atoms with Crippen molar-refractivity contribution in [2.24, 2.45) is 5.92 Å². The topological polar surface area (TPSA) is 15.3 Å². The Labute approximate surface area is 116 Å². The highest BCUT2D eigenvalue weighted by molar-refractivity contribution is 5.55. The highest BCUT2D eigenvalue weighted by atomic mass is 19.1. The predicted octanol–water partition coefficient (Wildman–Crippen LogP) is 3.56. The molecule has 1 aromatic rings. The van der Waals surface area contributed by atoms with Crippen LogP contribution >= 0.6 is 0 Å². The fraction of sp³-hybridized carbons (Fsp3) is 0.625. The van der Waals surface area contributed by atoms with Crippen LogP contribution in [0.1, 0.15) is 38.2 Å². The van der Waals surface area contributed by atoms with Crippen LogP contribution in [0, 0.1) is 11.7 Å². The van der Waals surface area contributed by atoms with Gasteiger partial charge in [0.15, 0.2) is 0 Å². The fourth-order valence-corrected chi connectivity index (χ4v) is 3.33. The molecule has 1 fully saturated rings. The number of hydrogen-bond donors (Lipinski definition) is 1. The molecule has 19 heavy (non-hydrogen) atoms. The molecule has 0 aliphatic heterocycles. The van der Waals surface area contributed by atoms with Gasteiger partial charge in [0, 0.05) is 19.6 Å². The lowest BCUT2D eigenvalue weighted by Gasteiger charge is -2.38. The Kier molecular flexibility index (Phi) is 4.81. The van der Waals surface area contributed by atoms with Crippen molar-refractivity contribution in [3.63, 3.8) is 0 Å². The van der Waals surface area contributed by atoms with Crippen molar-refractivity contribution in [1.82, 2.24) is 5.32 Å². The Morgan fingerprint density at radius 3 is 2.74 bits per heavy atom. The Morgan fingerprint density at radius 1 is 1.32 bits per heavy atom. The molecule has 2 atom stereocenters. The molecule has 3 heteroatoms. The zero-order valence-corrected chi connectivity index (χ0v) is 12.2. The fourth-order valence-electron chi connectivity index (χ4n) is 3.33. The molecule has 1 N–H and O–H groups in total. The summed E-state index contributed by atoms with van der Waals surface area (Å²) in [5, 5.41) is 3.13. The number of anilines is 1. The molecular formula is C16H25FN2. The number of nitrogens with one attached hydrogen (secondary N) is 1. The van der Waals surface area contributed by atoms with Crippen molar-refractivity contribution < 1.29 is 4.39 Å². The Bertz CT molecular complexity index is 419. The monoisotopic (exact) mass is 264 g/mol. The molecule has 0 heterocycles. The lowest BCUT2D eigenvalue weighted by Crippen LogP contribution is -2.40. The number of hydrogen-bond acceptors (Lipinski definition) is 2. The van der Waals surface area contributed by atoms with Crippen LogP contribution in [0.2, 0.25) is 0 Å². The van der Waals surface area contributed by atoms with E-state index in [4.69, 9.17) is 0 Å². The molecule has 1 aliphatic rings. The predicted molar refractivity (Wildman–Crippen MR) is 79.0 cm³/mol. The smallest absolute Gasteiger partial charge is 0.146 e. The summed E-state index contributed by atoms with van der Waals surface area (Å²) >= 11 is 0. The van der Waals surface area contributed by atoms with Gasteiger partial charge in [-0.25, -0.2) is 4.39 Å². The lowest BCUT2D eigenvalue weighted by atomic mass is 9.84. The molecule has 2 unspecified atom stereocenters. The molecule has 0 radical (unpaired) electrons. The third-order valence-corrected chi connectivity index (χ3v) is 4.35. The van der Waals surface area contributed by atoms with Crippen LogP contribution in [0.15, 0.2) is 18.2 Å². The van der Waals surface area contributed by atoms with Crippen molar-refractivity contribution in [2.75, 3.05) is 19.0 Å². The van der Waals surface area contributed by atoms with Gasteiger partial charge in [0.2, 0.25) is 0 Å². The maximum absolute atomic E-state index is 14.2. The lowest BCUT2D eigenvalue weighted by molar-refractivity contribution is 0.320. The summed E-state index contributed by atoms with van der Waals surface area (Å²) in [4.78, 5) is 2.17. The second-order valence-corrected chi connectivity index (χ2v) is 5.72. The number of nitrogens with zero attached hydrogens (tertiary/aromatic N) is 1. The van der Waals surface area contributed by atoms with E-state index in [2.05, 4.69) is 17.1 Å². The molecular weight excluding hydrogens is 239 g/mol. The molecule has 0 spiro atoms. The van der Waals surface area contributed by atoms with E-state index in [-0.39, 0.29) is 5.82 Å². The first-order chi connectivity index (χ1) is 9.15. The Morgan fingerprint density at radius 2 is 2.05 bits per heavy atom. The highest BCUT2D eigenvalue weighted by Gasteiger charge is 2.27. The van der Waals surface area contributed by atoms with Crippen LogP contribution in [0.5, 0.6) is 0 Å². The third kappa shape index (κ3) is 3.08. The van der Waals surface area contributed by atoms with Crippen LogP contribution in [0.25, 0.3) is 0 Å². The molecule has 2 nitrogen and oxygen atoms in total. The molecule has 1 aliphatic carbocycles. The Hall–Kier alpha value is -1.09. The molecule has 0 aromatic heterocycles. The van der Waals surface area contributed by atoms with E-state index < -0.39 is 0 Å². The molecule has 2 rings (SSSR count). The zero-order valence-electron chi connectivity index (χ0n) is 12.2. The average Bonchev–Trinajstić information content (AvgIpc) is 2.39. The average molecular weight is 264 g/mol. The number of benzene rings is 1. The van der Waals surface area contributed by atoms with Crippen molar-refractivity contribution in [1.29, 1.82) is 0 Å². The van der Waals surface area contributed by atoms with Gasteiger partial charge in [0.05, 0.1) is 5.69 Å². The van der Waals surface area contributed by atoms with E-state index in [1.165, 1.54) is 25.7 Å². The van der Waals surface area contributed by atoms with Crippen LogP contribution in [-0.2, 0) is 6.54 Å². The van der Waals surface area contributed by atoms with Gasteiger partial charge in [-0.2, -0.15) is 0 Å². The van der Waals surface area contributed by atoms with Gasteiger partial charge in [0.25, 0.3) is 0 Å². The summed E-state index contributed by atoms with van der Waals surface area (Å²) in [6.07, 6.45) is 5.00. The molecule has 106 valence electrons. The van der Waals surface area contributed by atoms with Crippen LogP contribution < -0.4 is 10.2 Å². The number of para-hydroxylation sites is 1. The SMILES string of the molecule is CNCc1cccc(F)c1N(C)C1CCCCC1C. The highest BCUT2D eigenvalue weighted by Crippen LogP contribution is 2.33. The van der Waals surface area contributed by atoms with Crippen LogP contribution in [0.4, 0.5) is 10.1 Å². The van der Waals surface area contributed by atoms with Crippen LogP contribution in [0.3, 0.4) is 0 Å². The van der Waals surface area contributed by atoms with Crippen molar-refractivity contribution in [3.8, 4) is 0 Å². The second-order valence-electron chi connectivity index (χ2n) is 5.72. The van der Waals surface area contributed by atoms with Crippen molar-refractivity contribution in [2.45, 2.75) is 45.2 Å². The zero-order chi connectivity index (χ0) is 13.8. The summed E-state index contributed by atoms with van der Waals surface area (Å²) in [5.74, 6) is 0.536. The largest absolute Gasteiger partial charge is 0.369 e. The van der Waals surface area contributed by atoms with Crippen molar-refractivity contribution >= 4 is 5.69 Å². The minimum absolute atomic E-state index is 0.104. The maximum atomic E-state index is 14.2. The standard InChI is InChI=1S/C16H25FN2/c1-12-7-4-5-10-15(12)19(3)16-13(11-18-2)8-6-9-14(16)17/h6,8-9,12,15,18H,4-5,7,10-11H2,1-3H3. The summed E-state index contributed by atoms with van der Waals surface area (Å²) < 4.78 is 14.2. The minimum Gasteiger partial charge on any atom is -0.369 e. The summed E-state index contributed by atoms with van der Waals surface area (Å²) in [6.45, 7) is 3.00. The third-order valence-electron chi connectivity index (χ3n) is 4.35. The van der Waals surface area contributed by atoms with Gasteiger partial charge < -0.3 is 10.2 Å². The van der Waals surface area contributed by atoms with Gasteiger partial charge in [-0.05, 0) is 37.4 Å². The molecule has 1 aromatic carbocycles. The first kappa shape index (κ1) is 14.3. The number of rotatable bonds is 4. The van der Waals surface area contributed by atoms with Gasteiger partial charge in [-0.3, -0.25) is 0 Å². The maximum Gasteiger partial charge on any atom is 0.146 e. The van der Waals surface area contributed by atoms with Gasteiger partial charge >= 0.3 is 0 Å². The molecule has 0 amide bonds. The van der Waals surface area contributed by atoms with Crippen molar-refractivity contribution in [3.05, 3.63) is 29.6 Å². The molecule has 1 saturated carbocycles. The second kappa shape index (κ2) is 6.38. The van der Waals surface area contributed by atoms with E-state index in [1.54, 1.807) is 12.1 Å². The van der Waals surface area contributed by atoms with Gasteiger partial charge in [-0.1, -0.05) is 31.9 Å². The number of halogens is 1. The van der Waals surface area contributed by atoms with E-state index in [1.807, 2.05) is 20.2 Å². The van der Waals surface area contributed by atoms with E-state index in [0.717, 1.165) is 11.3 Å². The summed E-state index contributed by atoms with van der Waals surface area (Å²) in [6, 6.07) is 5.84. The molecule has 0 saturated heterocycles. The van der Waals surface area contributed by atoms with Gasteiger partial charge in [-0.15, -0.1) is 0 Å². The van der Waals surface area contributed by atoms with E-state index >= 15 is 0 Å². The minimum atomic E-state index is -0.104. The van der Waals surface area contributed by atoms with E-state index in [9.17, 15) is 4.39 Å². The first-order valence-corrected chi connectivity index (χ1v) is 7.30. The van der Waals surface area contributed by atoms with E-state index in [0.29, 0.717) is 18.5 Å².